The number of amides is 1. The van der Waals surface area contributed by atoms with E-state index in [1.54, 1.807) is 0 Å². The molecule has 0 saturated heterocycles. The third-order valence-corrected chi connectivity index (χ3v) is 2.48. The highest BCUT2D eigenvalue weighted by Crippen LogP contribution is 2.22. The van der Waals surface area contributed by atoms with Crippen molar-refractivity contribution in [2.45, 2.75) is 13.5 Å². The van der Waals surface area contributed by atoms with Crippen molar-refractivity contribution in [1.82, 2.24) is 9.78 Å². The molecule has 2 rings (SSSR count). The molecule has 0 atom stereocenters. The molecule has 0 aliphatic rings. The van der Waals surface area contributed by atoms with E-state index in [0.717, 1.165) is 6.07 Å². The first kappa shape index (κ1) is 13.0. The van der Waals surface area contributed by atoms with Crippen molar-refractivity contribution in [3.05, 3.63) is 41.6 Å². The Kier molecular flexibility index (Phi) is 3.46. The van der Waals surface area contributed by atoms with Crippen molar-refractivity contribution in [3.8, 4) is 0 Å². The number of rotatable bonds is 3. The van der Waals surface area contributed by atoms with Crippen LogP contribution in [0, 0.1) is 11.6 Å². The Balaban J connectivity index is 2.35. The van der Waals surface area contributed by atoms with Crippen LogP contribution in [0.1, 0.15) is 12.5 Å². The van der Waals surface area contributed by atoms with Gasteiger partial charge in [0.15, 0.2) is 5.82 Å². The quantitative estimate of drug-likeness (QED) is 0.888. The van der Waals surface area contributed by atoms with E-state index in [-0.39, 0.29) is 23.6 Å². The van der Waals surface area contributed by atoms with Crippen molar-refractivity contribution >= 4 is 17.4 Å². The summed E-state index contributed by atoms with van der Waals surface area (Å²) >= 11 is 0. The molecule has 0 aliphatic heterocycles. The highest BCUT2D eigenvalue weighted by atomic mass is 19.1. The largest absolute Gasteiger partial charge is 0.382 e. The normalized spacial score (nSPS) is 10.5. The van der Waals surface area contributed by atoms with E-state index in [1.807, 2.05) is 0 Å². The number of hydrogen-bond donors (Lipinski definition) is 2. The highest BCUT2D eigenvalue weighted by molar-refractivity contribution is 5.88. The Morgan fingerprint density at radius 3 is 2.74 bits per heavy atom. The molecule has 100 valence electrons. The summed E-state index contributed by atoms with van der Waals surface area (Å²) in [5.74, 6) is -1.69. The number of nitrogens with two attached hydrogens (primary N) is 1. The highest BCUT2D eigenvalue weighted by Gasteiger charge is 2.15. The van der Waals surface area contributed by atoms with Crippen molar-refractivity contribution in [3.63, 3.8) is 0 Å². The lowest BCUT2D eigenvalue weighted by Crippen LogP contribution is -2.11. The molecule has 0 saturated carbocycles. The van der Waals surface area contributed by atoms with Crippen LogP contribution < -0.4 is 11.1 Å². The topological polar surface area (TPSA) is 72.9 Å². The van der Waals surface area contributed by atoms with E-state index in [0.29, 0.717) is 0 Å². The summed E-state index contributed by atoms with van der Waals surface area (Å²) in [6.07, 6.45) is 1.51. The van der Waals surface area contributed by atoms with Crippen LogP contribution in [-0.4, -0.2) is 15.7 Å². The molecule has 0 unspecified atom stereocenters. The van der Waals surface area contributed by atoms with Crippen LogP contribution in [0.4, 0.5) is 20.3 Å². The molecule has 19 heavy (non-hydrogen) atoms. The summed E-state index contributed by atoms with van der Waals surface area (Å²) < 4.78 is 29.0. The molecule has 0 aliphatic carbocycles. The standard InChI is InChI=1S/C12H12F2N4O/c1-7(19)16-10-3-2-9(13)8(12(10)14)6-18-5-4-11(15)17-18/h2-5H,6H2,1H3,(H2,15,17)(H,16,19). The van der Waals surface area contributed by atoms with Crippen molar-refractivity contribution in [2.75, 3.05) is 11.1 Å². The first-order chi connectivity index (χ1) is 8.97. The minimum atomic E-state index is -0.815. The first-order valence-electron chi connectivity index (χ1n) is 5.51. The molecule has 0 spiro atoms. The average molecular weight is 266 g/mol. The molecule has 5 nitrogen and oxygen atoms in total. The van der Waals surface area contributed by atoms with Crippen LogP contribution in [0.2, 0.25) is 0 Å². The number of aromatic nitrogens is 2. The third kappa shape index (κ3) is 2.87. The van der Waals surface area contributed by atoms with Crippen molar-refractivity contribution < 1.29 is 13.6 Å². The predicted molar refractivity (Wildman–Crippen MR) is 66.4 cm³/mol. The lowest BCUT2D eigenvalue weighted by atomic mass is 10.1. The fraction of sp³-hybridized carbons (Fsp3) is 0.167. The molecule has 7 heteroatoms. The summed E-state index contributed by atoms with van der Waals surface area (Å²) in [4.78, 5) is 10.9. The van der Waals surface area contributed by atoms with E-state index in [4.69, 9.17) is 5.73 Å². The summed E-state index contributed by atoms with van der Waals surface area (Å²) in [5, 5.41) is 6.15. The van der Waals surface area contributed by atoms with Crippen LogP contribution in [0.3, 0.4) is 0 Å². The molecule has 3 N–H and O–H groups in total. The van der Waals surface area contributed by atoms with Gasteiger partial charge in [-0.25, -0.2) is 8.78 Å². The summed E-state index contributed by atoms with van der Waals surface area (Å²) in [6, 6.07) is 3.79. The second-order valence-corrected chi connectivity index (χ2v) is 4.01. The average Bonchev–Trinajstić information content (AvgIpc) is 2.74. The van der Waals surface area contributed by atoms with Crippen molar-refractivity contribution in [2.24, 2.45) is 0 Å². The molecular weight excluding hydrogens is 254 g/mol. The second-order valence-electron chi connectivity index (χ2n) is 4.01. The Bertz CT molecular complexity index is 624. The smallest absolute Gasteiger partial charge is 0.221 e. The maximum atomic E-state index is 14.1. The lowest BCUT2D eigenvalue weighted by molar-refractivity contribution is -0.114. The van der Waals surface area contributed by atoms with Crippen LogP contribution in [0.25, 0.3) is 0 Å². The molecule has 2 aromatic rings. The summed E-state index contributed by atoms with van der Waals surface area (Å²) in [5.41, 5.74) is 5.18. The van der Waals surface area contributed by atoms with Gasteiger partial charge in [-0.3, -0.25) is 9.48 Å². The molecule has 1 aromatic carbocycles. The number of hydrogen-bond acceptors (Lipinski definition) is 3. The Labute approximate surface area is 108 Å². The lowest BCUT2D eigenvalue weighted by Gasteiger charge is -2.10. The molecule has 1 heterocycles. The maximum absolute atomic E-state index is 14.1. The molecule has 1 amide bonds. The van der Waals surface area contributed by atoms with Crippen molar-refractivity contribution in [1.29, 1.82) is 0 Å². The predicted octanol–water partition coefficient (Wildman–Crippen LogP) is 1.75. The van der Waals surface area contributed by atoms with Crippen LogP contribution in [-0.2, 0) is 11.3 Å². The Hall–Kier alpha value is -2.44. The van der Waals surface area contributed by atoms with E-state index in [9.17, 15) is 13.6 Å². The zero-order chi connectivity index (χ0) is 14.0. The summed E-state index contributed by atoms with van der Waals surface area (Å²) in [7, 11) is 0. The SMILES string of the molecule is CC(=O)Nc1ccc(F)c(Cn2ccc(N)n2)c1F. The van der Waals surface area contributed by atoms with E-state index < -0.39 is 17.5 Å². The van der Waals surface area contributed by atoms with Gasteiger partial charge in [-0.2, -0.15) is 5.10 Å². The number of nitrogen functional groups attached to an aromatic ring is 1. The van der Waals surface area contributed by atoms with Gasteiger partial charge < -0.3 is 11.1 Å². The van der Waals surface area contributed by atoms with Gasteiger partial charge >= 0.3 is 0 Å². The number of anilines is 2. The number of nitrogens with one attached hydrogen (secondary N) is 1. The molecular formula is C12H12F2N4O. The molecule has 0 radical (unpaired) electrons. The van der Waals surface area contributed by atoms with Gasteiger partial charge in [-0.15, -0.1) is 0 Å². The van der Waals surface area contributed by atoms with Crippen LogP contribution >= 0.6 is 0 Å². The number of benzene rings is 1. The number of halogens is 2. The zero-order valence-corrected chi connectivity index (χ0v) is 10.2. The van der Waals surface area contributed by atoms with Gasteiger partial charge in [0.1, 0.15) is 11.6 Å². The van der Waals surface area contributed by atoms with Gasteiger partial charge in [-0.1, -0.05) is 0 Å². The minimum Gasteiger partial charge on any atom is -0.382 e. The van der Waals surface area contributed by atoms with E-state index >= 15 is 0 Å². The van der Waals surface area contributed by atoms with Gasteiger partial charge in [-0.05, 0) is 18.2 Å². The first-order valence-corrected chi connectivity index (χ1v) is 5.51. The van der Waals surface area contributed by atoms with E-state index in [1.165, 1.54) is 29.9 Å². The maximum Gasteiger partial charge on any atom is 0.221 e. The molecule has 1 aromatic heterocycles. The fourth-order valence-corrected chi connectivity index (χ4v) is 1.66. The number of carbonyl (C=O) groups is 1. The monoisotopic (exact) mass is 266 g/mol. The zero-order valence-electron chi connectivity index (χ0n) is 10.2. The van der Waals surface area contributed by atoms with Gasteiger partial charge in [0.05, 0.1) is 12.2 Å². The number of carbonyl (C=O) groups excluding carboxylic acids is 1. The van der Waals surface area contributed by atoms with E-state index in [2.05, 4.69) is 10.4 Å². The molecule has 0 bridgehead atoms. The van der Waals surface area contributed by atoms with Gasteiger partial charge in [0.25, 0.3) is 0 Å². The van der Waals surface area contributed by atoms with Crippen LogP contribution in [0.5, 0.6) is 0 Å². The summed E-state index contributed by atoms with van der Waals surface area (Å²) in [6.45, 7) is 1.14. The Morgan fingerprint density at radius 1 is 1.42 bits per heavy atom. The third-order valence-electron chi connectivity index (χ3n) is 2.48. The molecule has 0 fully saturated rings. The van der Waals surface area contributed by atoms with Gasteiger partial charge in [0, 0.05) is 18.7 Å². The number of nitrogens with zero attached hydrogens (tertiary/aromatic N) is 2. The fourth-order valence-electron chi connectivity index (χ4n) is 1.66. The Morgan fingerprint density at radius 2 is 2.16 bits per heavy atom. The van der Waals surface area contributed by atoms with Gasteiger partial charge in [0.2, 0.25) is 5.91 Å². The second kappa shape index (κ2) is 5.05. The van der Waals surface area contributed by atoms with Crippen LogP contribution in [0.15, 0.2) is 24.4 Å². The minimum absolute atomic E-state index is 0.0657.